The van der Waals surface area contributed by atoms with Crippen molar-refractivity contribution in [2.24, 2.45) is 5.92 Å². The standard InChI is InChI=1S/C15H25N3OS/c1-11(2)10-18(9-8-17(3)4)15-16-14-12(19)6-5-7-13(14)20-15/h11H,5-10H2,1-4H3. The Morgan fingerprint density at radius 2 is 2.00 bits per heavy atom. The average Bonchev–Trinajstić information content (AvgIpc) is 2.79. The molecule has 0 atom stereocenters. The Morgan fingerprint density at radius 3 is 2.60 bits per heavy atom. The maximum absolute atomic E-state index is 11.9. The molecule has 1 aromatic heterocycles. The molecule has 1 aliphatic rings. The molecule has 0 amide bonds. The van der Waals surface area contributed by atoms with Gasteiger partial charge in [-0.25, -0.2) is 4.98 Å². The molecule has 0 aliphatic heterocycles. The van der Waals surface area contributed by atoms with E-state index in [-0.39, 0.29) is 5.78 Å². The number of ketones is 1. The second-order valence-electron chi connectivity index (χ2n) is 6.19. The lowest BCUT2D eigenvalue weighted by Crippen LogP contribution is -2.34. The molecule has 4 nitrogen and oxygen atoms in total. The van der Waals surface area contributed by atoms with Gasteiger partial charge in [0.05, 0.1) is 0 Å². The topological polar surface area (TPSA) is 36.4 Å². The molecule has 0 saturated heterocycles. The van der Waals surface area contributed by atoms with E-state index in [1.807, 2.05) is 0 Å². The van der Waals surface area contributed by atoms with Crippen LogP contribution in [0.15, 0.2) is 0 Å². The van der Waals surface area contributed by atoms with E-state index in [9.17, 15) is 4.79 Å². The van der Waals surface area contributed by atoms with Crippen LogP contribution in [0.4, 0.5) is 5.13 Å². The van der Waals surface area contributed by atoms with Gasteiger partial charge in [0, 0.05) is 30.9 Å². The average molecular weight is 295 g/mol. The van der Waals surface area contributed by atoms with E-state index in [2.05, 4.69) is 42.7 Å². The third-order valence-corrected chi connectivity index (χ3v) is 4.61. The first-order chi connectivity index (χ1) is 9.47. The zero-order valence-electron chi connectivity index (χ0n) is 13.0. The smallest absolute Gasteiger partial charge is 0.186 e. The van der Waals surface area contributed by atoms with Crippen LogP contribution in [0.1, 0.15) is 42.1 Å². The molecule has 0 spiro atoms. The second-order valence-corrected chi connectivity index (χ2v) is 7.25. The van der Waals surface area contributed by atoms with E-state index in [4.69, 9.17) is 0 Å². The predicted molar refractivity (Wildman–Crippen MR) is 85.0 cm³/mol. The Morgan fingerprint density at radius 1 is 1.25 bits per heavy atom. The Labute approximate surface area is 125 Å². The fraction of sp³-hybridized carbons (Fsp3) is 0.733. The highest BCUT2D eigenvalue weighted by molar-refractivity contribution is 7.16. The molecular formula is C15H25N3OS. The third-order valence-electron chi connectivity index (χ3n) is 3.43. The molecule has 1 heterocycles. The van der Waals surface area contributed by atoms with Gasteiger partial charge in [-0.15, -0.1) is 11.3 Å². The molecule has 0 radical (unpaired) electrons. The summed E-state index contributed by atoms with van der Waals surface area (Å²) < 4.78 is 0. The van der Waals surface area contributed by atoms with Gasteiger partial charge in [0.15, 0.2) is 10.9 Å². The van der Waals surface area contributed by atoms with Crippen molar-refractivity contribution in [3.05, 3.63) is 10.6 Å². The number of nitrogens with zero attached hydrogens (tertiary/aromatic N) is 3. The lowest BCUT2D eigenvalue weighted by Gasteiger charge is -2.25. The van der Waals surface area contributed by atoms with E-state index in [1.54, 1.807) is 11.3 Å². The number of rotatable bonds is 6. The summed E-state index contributed by atoms with van der Waals surface area (Å²) in [6, 6.07) is 0. The minimum absolute atomic E-state index is 0.228. The van der Waals surface area contributed by atoms with Gasteiger partial charge in [0.25, 0.3) is 0 Å². The number of aryl methyl sites for hydroxylation is 1. The molecular weight excluding hydrogens is 270 g/mol. The van der Waals surface area contributed by atoms with E-state index in [1.165, 1.54) is 4.88 Å². The van der Waals surface area contributed by atoms with Crippen molar-refractivity contribution in [2.45, 2.75) is 33.1 Å². The maximum atomic E-state index is 11.9. The van der Waals surface area contributed by atoms with E-state index in [0.717, 1.165) is 43.3 Å². The van der Waals surface area contributed by atoms with Crippen molar-refractivity contribution in [2.75, 3.05) is 38.6 Å². The van der Waals surface area contributed by atoms with Crippen LogP contribution < -0.4 is 4.90 Å². The molecule has 0 N–H and O–H groups in total. The zero-order chi connectivity index (χ0) is 14.7. The largest absolute Gasteiger partial charge is 0.347 e. The first-order valence-electron chi connectivity index (χ1n) is 7.40. The SMILES string of the molecule is CC(C)CN(CCN(C)C)c1nc2c(s1)CCCC2=O. The first kappa shape index (κ1) is 15.4. The lowest BCUT2D eigenvalue weighted by molar-refractivity contribution is 0.0968. The van der Waals surface area contributed by atoms with Gasteiger partial charge in [-0.05, 0) is 32.9 Å². The van der Waals surface area contributed by atoms with Crippen LogP contribution in [-0.4, -0.2) is 49.4 Å². The van der Waals surface area contributed by atoms with Crippen molar-refractivity contribution in [3.8, 4) is 0 Å². The van der Waals surface area contributed by atoms with E-state index < -0.39 is 0 Å². The summed E-state index contributed by atoms with van der Waals surface area (Å²) in [4.78, 5) is 22.3. The monoisotopic (exact) mass is 295 g/mol. The fourth-order valence-corrected chi connectivity index (χ4v) is 3.57. The highest BCUT2D eigenvalue weighted by atomic mass is 32.1. The van der Waals surface area contributed by atoms with Crippen molar-refractivity contribution >= 4 is 22.3 Å². The summed E-state index contributed by atoms with van der Waals surface area (Å²) in [6.07, 6.45) is 2.66. The fourth-order valence-electron chi connectivity index (χ4n) is 2.42. The van der Waals surface area contributed by atoms with Gasteiger partial charge in [-0.3, -0.25) is 4.79 Å². The van der Waals surface area contributed by atoms with Gasteiger partial charge in [-0.1, -0.05) is 13.8 Å². The zero-order valence-corrected chi connectivity index (χ0v) is 13.8. The summed E-state index contributed by atoms with van der Waals surface area (Å²) in [5.74, 6) is 0.819. The molecule has 1 aromatic rings. The van der Waals surface area contributed by atoms with Crippen molar-refractivity contribution in [1.82, 2.24) is 9.88 Å². The summed E-state index contributed by atoms with van der Waals surface area (Å²) in [7, 11) is 4.17. The number of fused-ring (bicyclic) bond motifs is 1. The van der Waals surface area contributed by atoms with Crippen LogP contribution >= 0.6 is 11.3 Å². The van der Waals surface area contributed by atoms with Crippen LogP contribution in [0.2, 0.25) is 0 Å². The molecule has 112 valence electrons. The number of anilines is 1. The number of hydrogen-bond donors (Lipinski definition) is 0. The van der Waals surface area contributed by atoms with Gasteiger partial charge >= 0.3 is 0 Å². The lowest BCUT2D eigenvalue weighted by atomic mass is 10.0. The predicted octanol–water partition coefficient (Wildman–Crippen LogP) is 2.69. The van der Waals surface area contributed by atoms with Gasteiger partial charge in [0.1, 0.15) is 5.69 Å². The number of hydrogen-bond acceptors (Lipinski definition) is 5. The minimum atomic E-state index is 0.228. The van der Waals surface area contributed by atoms with E-state index >= 15 is 0 Å². The number of carbonyl (C=O) groups excluding carboxylic acids is 1. The number of Topliss-reactive ketones (excluding diaryl/α,β-unsaturated/α-hetero) is 1. The highest BCUT2D eigenvalue weighted by Gasteiger charge is 2.24. The molecule has 5 heteroatoms. The molecule has 0 bridgehead atoms. The quantitative estimate of drug-likeness (QED) is 0.808. The van der Waals surface area contributed by atoms with Crippen molar-refractivity contribution in [3.63, 3.8) is 0 Å². The van der Waals surface area contributed by atoms with Gasteiger partial charge in [0.2, 0.25) is 0 Å². The van der Waals surface area contributed by atoms with E-state index in [0.29, 0.717) is 12.3 Å². The first-order valence-corrected chi connectivity index (χ1v) is 8.21. The summed E-state index contributed by atoms with van der Waals surface area (Å²) in [5, 5.41) is 1.03. The number of thiazole rings is 1. The molecule has 20 heavy (non-hydrogen) atoms. The molecule has 0 saturated carbocycles. The van der Waals surface area contributed by atoms with Crippen molar-refractivity contribution in [1.29, 1.82) is 0 Å². The van der Waals surface area contributed by atoms with Gasteiger partial charge < -0.3 is 9.80 Å². The minimum Gasteiger partial charge on any atom is -0.347 e. The molecule has 1 aliphatic carbocycles. The maximum Gasteiger partial charge on any atom is 0.186 e. The van der Waals surface area contributed by atoms with Gasteiger partial charge in [-0.2, -0.15) is 0 Å². The molecule has 0 aromatic carbocycles. The van der Waals surface area contributed by atoms with Crippen LogP contribution in [0, 0.1) is 5.92 Å². The molecule has 0 unspecified atom stereocenters. The summed E-state index contributed by atoms with van der Waals surface area (Å²) in [6.45, 7) is 7.41. The van der Waals surface area contributed by atoms with Crippen LogP contribution in [0.3, 0.4) is 0 Å². The Balaban J connectivity index is 2.17. The van der Waals surface area contributed by atoms with Crippen LogP contribution in [0.5, 0.6) is 0 Å². The molecule has 2 rings (SSSR count). The number of aromatic nitrogens is 1. The van der Waals surface area contributed by atoms with Crippen molar-refractivity contribution < 1.29 is 4.79 Å². The summed E-state index contributed by atoms with van der Waals surface area (Å²) in [5.41, 5.74) is 0.745. The molecule has 0 fully saturated rings. The number of carbonyl (C=O) groups is 1. The normalized spacial score (nSPS) is 15.0. The Hall–Kier alpha value is -0.940. The summed E-state index contributed by atoms with van der Waals surface area (Å²) >= 11 is 1.72. The Kier molecular flexibility index (Phi) is 5.16. The highest BCUT2D eigenvalue weighted by Crippen LogP contribution is 2.32. The number of likely N-dealkylation sites (N-methyl/N-ethyl adjacent to an activating group) is 1. The van der Waals surface area contributed by atoms with Crippen LogP contribution in [0.25, 0.3) is 0 Å². The second kappa shape index (κ2) is 6.68. The van der Waals surface area contributed by atoms with Crippen LogP contribution in [-0.2, 0) is 6.42 Å². The Bertz CT molecular complexity index is 468. The third kappa shape index (κ3) is 3.79.